The first-order chi connectivity index (χ1) is 21.0. The molecule has 220 valence electrons. The molecule has 1 N–H and O–H groups in total. The van der Waals surface area contributed by atoms with Gasteiger partial charge in [0.1, 0.15) is 18.1 Å². The van der Waals surface area contributed by atoms with E-state index in [1.54, 1.807) is 36.4 Å². The third-order valence-corrected chi connectivity index (χ3v) is 7.16. The summed E-state index contributed by atoms with van der Waals surface area (Å²) in [6, 6.07) is 30.7. The van der Waals surface area contributed by atoms with Crippen molar-refractivity contribution in [3.63, 3.8) is 0 Å². The number of Topliss-reactive ketones (excluding diaryl/α,β-unsaturated/α-hetero) is 1. The third kappa shape index (κ3) is 6.72. The average Bonchev–Trinajstić information content (AvgIpc) is 3.29. The summed E-state index contributed by atoms with van der Waals surface area (Å²) in [4.78, 5) is 28.6. The number of hydrogen-bond donors (Lipinski definition) is 1. The highest BCUT2D eigenvalue weighted by molar-refractivity contribution is 6.46. The Hall–Kier alpha value is -5.04. The molecule has 7 nitrogen and oxygen atoms in total. The molecule has 1 amide bonds. The molecule has 0 radical (unpaired) electrons. The van der Waals surface area contributed by atoms with E-state index in [1.807, 2.05) is 80.6 Å². The van der Waals surface area contributed by atoms with Crippen LogP contribution in [0.15, 0.2) is 109 Å². The number of aliphatic hydroxyl groups is 1. The monoisotopic (exact) mass is 577 g/mol. The molecule has 4 aromatic carbocycles. The molecule has 0 bridgehead atoms. The summed E-state index contributed by atoms with van der Waals surface area (Å²) in [7, 11) is 0. The molecule has 1 unspecified atom stereocenters. The maximum atomic E-state index is 13.6. The first-order valence-corrected chi connectivity index (χ1v) is 14.5. The zero-order valence-corrected chi connectivity index (χ0v) is 24.4. The van der Waals surface area contributed by atoms with Crippen LogP contribution >= 0.6 is 0 Å². The largest absolute Gasteiger partial charge is 0.507 e. The van der Waals surface area contributed by atoms with E-state index >= 15 is 0 Å². The summed E-state index contributed by atoms with van der Waals surface area (Å²) in [6.07, 6.45) is 0.867. The number of rotatable bonds is 12. The number of aliphatic hydroxyl groups excluding tert-OH is 1. The number of ketones is 1. The van der Waals surface area contributed by atoms with Gasteiger partial charge in [-0.15, -0.1) is 0 Å². The topological polar surface area (TPSA) is 85.3 Å². The summed E-state index contributed by atoms with van der Waals surface area (Å²) in [5.74, 6) is 0.0128. The number of carbonyl (C=O) groups is 2. The number of benzene rings is 4. The van der Waals surface area contributed by atoms with Crippen LogP contribution in [0.25, 0.3) is 5.76 Å². The smallest absolute Gasteiger partial charge is 0.295 e. The zero-order chi connectivity index (χ0) is 30.2. The van der Waals surface area contributed by atoms with Gasteiger partial charge < -0.3 is 24.2 Å². The number of likely N-dealkylation sites (tertiary alicyclic amines) is 1. The van der Waals surface area contributed by atoms with Gasteiger partial charge in [-0.05, 0) is 66.4 Å². The van der Waals surface area contributed by atoms with E-state index in [0.29, 0.717) is 48.2 Å². The van der Waals surface area contributed by atoms with E-state index in [4.69, 9.17) is 14.2 Å². The first-order valence-electron chi connectivity index (χ1n) is 14.5. The highest BCUT2D eigenvalue weighted by Crippen LogP contribution is 2.43. The van der Waals surface area contributed by atoms with Crippen LogP contribution in [0, 0.1) is 0 Å². The highest BCUT2D eigenvalue weighted by Gasteiger charge is 2.46. The molecule has 1 saturated heterocycles. The van der Waals surface area contributed by atoms with E-state index in [-0.39, 0.29) is 17.9 Å². The van der Waals surface area contributed by atoms with Crippen molar-refractivity contribution < 1.29 is 28.9 Å². The minimum Gasteiger partial charge on any atom is -0.507 e. The molecule has 1 fully saturated rings. The Labute approximate surface area is 252 Å². The Morgan fingerprint density at radius 2 is 1.44 bits per heavy atom. The molecule has 1 atom stereocenters. The SMILES string of the molecule is CCCOc1ccc(C(O)=C2C(=O)C(=O)N(Cc3ccccc3)C2c2ccc(OCc3ccccc3)c(OCC)c2)cc1. The van der Waals surface area contributed by atoms with Crippen LogP contribution < -0.4 is 14.2 Å². The highest BCUT2D eigenvalue weighted by atomic mass is 16.5. The standard InChI is InChI=1S/C36H35NO6/c1-3-21-42-29-18-15-27(16-19-29)34(38)32-33(37(36(40)35(32)39)23-25-11-7-5-8-12-25)28-17-20-30(31(22-28)41-4-2)43-24-26-13-9-6-10-14-26/h5-20,22,33,38H,3-4,21,23-24H2,1-2H3. The number of ether oxygens (including phenoxy) is 3. The zero-order valence-electron chi connectivity index (χ0n) is 24.4. The molecule has 1 aliphatic heterocycles. The van der Waals surface area contributed by atoms with Gasteiger partial charge in [0.15, 0.2) is 11.5 Å². The van der Waals surface area contributed by atoms with E-state index < -0.39 is 17.7 Å². The number of carbonyl (C=O) groups excluding carboxylic acids is 2. The van der Waals surface area contributed by atoms with Crippen molar-refractivity contribution in [2.75, 3.05) is 13.2 Å². The van der Waals surface area contributed by atoms with Gasteiger partial charge in [-0.1, -0.05) is 73.7 Å². The number of amides is 1. The summed E-state index contributed by atoms with van der Waals surface area (Å²) in [6.45, 7) is 5.40. The summed E-state index contributed by atoms with van der Waals surface area (Å²) >= 11 is 0. The lowest BCUT2D eigenvalue weighted by molar-refractivity contribution is -0.140. The molecule has 0 saturated carbocycles. The minimum absolute atomic E-state index is 0.0172. The molecule has 0 aliphatic carbocycles. The van der Waals surface area contributed by atoms with Crippen molar-refractivity contribution in [2.45, 2.75) is 39.5 Å². The van der Waals surface area contributed by atoms with Gasteiger partial charge in [0, 0.05) is 12.1 Å². The van der Waals surface area contributed by atoms with Crippen LogP contribution in [0.4, 0.5) is 0 Å². The lowest BCUT2D eigenvalue weighted by atomic mass is 9.94. The molecule has 0 aromatic heterocycles. The third-order valence-electron chi connectivity index (χ3n) is 7.16. The maximum Gasteiger partial charge on any atom is 0.295 e. The van der Waals surface area contributed by atoms with Gasteiger partial charge in [0.05, 0.1) is 24.8 Å². The normalized spacial score (nSPS) is 15.9. The quantitative estimate of drug-likeness (QED) is 0.110. The molecule has 43 heavy (non-hydrogen) atoms. The number of hydrogen-bond acceptors (Lipinski definition) is 6. The van der Waals surface area contributed by atoms with Crippen LogP contribution in [0.5, 0.6) is 17.2 Å². The summed E-state index contributed by atoms with van der Waals surface area (Å²) in [5, 5.41) is 11.5. The van der Waals surface area contributed by atoms with Crippen LogP contribution in [-0.2, 0) is 22.7 Å². The van der Waals surface area contributed by atoms with Crippen molar-refractivity contribution in [3.05, 3.63) is 131 Å². The Bertz CT molecular complexity index is 1580. The summed E-state index contributed by atoms with van der Waals surface area (Å²) < 4.78 is 17.7. The predicted octanol–water partition coefficient (Wildman–Crippen LogP) is 7.08. The molecule has 5 rings (SSSR count). The van der Waals surface area contributed by atoms with Crippen molar-refractivity contribution in [1.82, 2.24) is 4.90 Å². The van der Waals surface area contributed by atoms with E-state index in [2.05, 4.69) is 0 Å². The second-order valence-corrected chi connectivity index (χ2v) is 10.2. The second kappa shape index (κ2) is 13.7. The fraction of sp³-hybridized carbons (Fsp3) is 0.222. The van der Waals surface area contributed by atoms with Crippen LogP contribution in [0.1, 0.15) is 48.6 Å². The fourth-order valence-electron chi connectivity index (χ4n) is 5.07. The van der Waals surface area contributed by atoms with Crippen LogP contribution in [-0.4, -0.2) is 34.9 Å². The van der Waals surface area contributed by atoms with Gasteiger partial charge in [-0.25, -0.2) is 0 Å². The average molecular weight is 578 g/mol. The molecule has 1 heterocycles. The fourth-order valence-corrected chi connectivity index (χ4v) is 5.07. The predicted molar refractivity (Wildman–Crippen MR) is 165 cm³/mol. The van der Waals surface area contributed by atoms with Gasteiger partial charge in [-0.3, -0.25) is 9.59 Å². The van der Waals surface area contributed by atoms with Crippen molar-refractivity contribution in [1.29, 1.82) is 0 Å². The summed E-state index contributed by atoms with van der Waals surface area (Å²) in [5.41, 5.74) is 2.93. The van der Waals surface area contributed by atoms with Crippen molar-refractivity contribution in [2.24, 2.45) is 0 Å². The minimum atomic E-state index is -0.849. The van der Waals surface area contributed by atoms with Crippen molar-refractivity contribution in [3.8, 4) is 17.2 Å². The first kappa shape index (κ1) is 29.5. The number of nitrogens with zero attached hydrogens (tertiary/aromatic N) is 1. The van der Waals surface area contributed by atoms with Gasteiger partial charge in [0.25, 0.3) is 11.7 Å². The van der Waals surface area contributed by atoms with E-state index in [9.17, 15) is 14.7 Å². The van der Waals surface area contributed by atoms with Crippen molar-refractivity contribution >= 4 is 17.4 Å². The van der Waals surface area contributed by atoms with Crippen LogP contribution in [0.2, 0.25) is 0 Å². The van der Waals surface area contributed by atoms with Gasteiger partial charge >= 0.3 is 0 Å². The molecular weight excluding hydrogens is 542 g/mol. The molecule has 7 heteroatoms. The Kier molecular flexibility index (Phi) is 9.42. The lowest BCUT2D eigenvalue weighted by Crippen LogP contribution is -2.29. The molecule has 1 aliphatic rings. The van der Waals surface area contributed by atoms with Gasteiger partial charge in [0.2, 0.25) is 0 Å². The van der Waals surface area contributed by atoms with E-state index in [0.717, 1.165) is 17.5 Å². The molecular formula is C36H35NO6. The Morgan fingerprint density at radius 1 is 0.767 bits per heavy atom. The lowest BCUT2D eigenvalue weighted by Gasteiger charge is -2.26. The molecule has 4 aromatic rings. The van der Waals surface area contributed by atoms with Gasteiger partial charge in [-0.2, -0.15) is 0 Å². The van der Waals surface area contributed by atoms with E-state index in [1.165, 1.54) is 4.90 Å². The maximum absolute atomic E-state index is 13.6. The Balaban J connectivity index is 1.56. The second-order valence-electron chi connectivity index (χ2n) is 10.2. The molecule has 0 spiro atoms. The Morgan fingerprint density at radius 3 is 2.09 bits per heavy atom. The van der Waals surface area contributed by atoms with Crippen LogP contribution in [0.3, 0.4) is 0 Å².